The highest BCUT2D eigenvalue weighted by Gasteiger charge is 2.22. The second-order valence-electron chi connectivity index (χ2n) is 4.65. The monoisotopic (exact) mass is 222 g/mol. The van der Waals surface area contributed by atoms with E-state index in [4.69, 9.17) is 0 Å². The Hall–Kier alpha value is -1.07. The van der Waals surface area contributed by atoms with Crippen LogP contribution in [0.25, 0.3) is 0 Å². The fraction of sp³-hybridized carbons (Fsp3) is 0.727. The summed E-state index contributed by atoms with van der Waals surface area (Å²) in [5.41, 5.74) is 2.30. The van der Waals surface area contributed by atoms with E-state index < -0.39 is 0 Å². The van der Waals surface area contributed by atoms with Gasteiger partial charge < -0.3 is 10.6 Å². The summed E-state index contributed by atoms with van der Waals surface area (Å²) >= 11 is 0. The third-order valence-electron chi connectivity index (χ3n) is 3.62. The Morgan fingerprint density at radius 1 is 1.12 bits per heavy atom. The molecule has 0 bridgehead atoms. The summed E-state index contributed by atoms with van der Waals surface area (Å²) in [4.78, 5) is 12.2. The van der Waals surface area contributed by atoms with Crippen LogP contribution < -0.4 is 16.2 Å². The SMILES string of the molecule is O=c1c2c([nH]n1C1CCNCC1)CNCC2. The van der Waals surface area contributed by atoms with Crippen LogP contribution in [0.5, 0.6) is 0 Å². The highest BCUT2D eigenvalue weighted by atomic mass is 16.1. The average Bonchev–Trinajstić information content (AvgIpc) is 2.69. The van der Waals surface area contributed by atoms with Crippen molar-refractivity contribution in [3.05, 3.63) is 21.6 Å². The second kappa shape index (κ2) is 4.07. The summed E-state index contributed by atoms with van der Waals surface area (Å²) in [7, 11) is 0. The van der Waals surface area contributed by atoms with Gasteiger partial charge in [0.1, 0.15) is 0 Å². The Bertz CT molecular complexity index is 428. The van der Waals surface area contributed by atoms with E-state index >= 15 is 0 Å². The number of piperidine rings is 1. The first-order valence-corrected chi connectivity index (χ1v) is 6.10. The van der Waals surface area contributed by atoms with Gasteiger partial charge in [-0.3, -0.25) is 9.89 Å². The van der Waals surface area contributed by atoms with Gasteiger partial charge in [-0.1, -0.05) is 0 Å². The number of H-pyrrole nitrogens is 1. The van der Waals surface area contributed by atoms with Crippen molar-refractivity contribution in [1.82, 2.24) is 20.4 Å². The molecule has 0 aromatic carbocycles. The maximum atomic E-state index is 12.2. The van der Waals surface area contributed by atoms with E-state index in [1.807, 2.05) is 4.68 Å². The molecule has 1 aromatic rings. The number of fused-ring (bicyclic) bond motifs is 1. The molecule has 5 heteroatoms. The second-order valence-corrected chi connectivity index (χ2v) is 4.65. The summed E-state index contributed by atoms with van der Waals surface area (Å²) in [5, 5.41) is 9.90. The lowest BCUT2D eigenvalue weighted by Gasteiger charge is -2.22. The predicted octanol–water partition coefficient (Wildman–Crippen LogP) is -0.253. The van der Waals surface area contributed by atoms with Crippen LogP contribution in [0.4, 0.5) is 0 Å². The molecule has 0 saturated carbocycles. The summed E-state index contributed by atoms with van der Waals surface area (Å²) in [6, 6.07) is 0.361. The predicted molar refractivity (Wildman–Crippen MR) is 61.6 cm³/mol. The number of rotatable bonds is 1. The van der Waals surface area contributed by atoms with Crippen LogP contribution in [0.2, 0.25) is 0 Å². The number of aromatic nitrogens is 2. The first-order chi connectivity index (χ1) is 7.86. The first kappa shape index (κ1) is 10.1. The molecule has 3 rings (SSSR count). The molecule has 0 spiro atoms. The molecular weight excluding hydrogens is 204 g/mol. The van der Waals surface area contributed by atoms with Crippen molar-refractivity contribution >= 4 is 0 Å². The van der Waals surface area contributed by atoms with Gasteiger partial charge in [0.2, 0.25) is 0 Å². The Labute approximate surface area is 94.2 Å². The fourth-order valence-corrected chi connectivity index (χ4v) is 2.69. The molecule has 2 aliphatic rings. The average molecular weight is 222 g/mol. The number of aromatic amines is 1. The molecule has 2 aliphatic heterocycles. The van der Waals surface area contributed by atoms with Crippen LogP contribution in [0.3, 0.4) is 0 Å². The van der Waals surface area contributed by atoms with Crippen LogP contribution in [0, 0.1) is 0 Å². The molecule has 16 heavy (non-hydrogen) atoms. The van der Waals surface area contributed by atoms with Gasteiger partial charge in [0, 0.05) is 12.1 Å². The van der Waals surface area contributed by atoms with E-state index in [0.717, 1.165) is 56.7 Å². The standard InChI is InChI=1S/C11H18N4O/c16-11-9-3-6-13-7-10(9)14-15(11)8-1-4-12-5-2-8/h8,12-14H,1-7H2. The van der Waals surface area contributed by atoms with Crippen LogP contribution in [0.1, 0.15) is 30.1 Å². The van der Waals surface area contributed by atoms with Crippen LogP contribution >= 0.6 is 0 Å². The highest BCUT2D eigenvalue weighted by Crippen LogP contribution is 2.17. The van der Waals surface area contributed by atoms with Crippen molar-refractivity contribution in [2.45, 2.75) is 31.8 Å². The zero-order valence-corrected chi connectivity index (χ0v) is 9.38. The van der Waals surface area contributed by atoms with Gasteiger partial charge in [0.05, 0.1) is 11.7 Å². The van der Waals surface area contributed by atoms with Gasteiger partial charge in [-0.15, -0.1) is 0 Å². The van der Waals surface area contributed by atoms with E-state index in [9.17, 15) is 4.79 Å². The minimum absolute atomic E-state index is 0.211. The molecular formula is C11H18N4O. The maximum absolute atomic E-state index is 12.2. The third kappa shape index (κ3) is 1.60. The Kier molecular flexibility index (Phi) is 2.57. The van der Waals surface area contributed by atoms with Crippen LogP contribution in [-0.2, 0) is 13.0 Å². The molecule has 1 aromatic heterocycles. The van der Waals surface area contributed by atoms with E-state index in [2.05, 4.69) is 15.7 Å². The first-order valence-electron chi connectivity index (χ1n) is 6.10. The molecule has 0 radical (unpaired) electrons. The van der Waals surface area contributed by atoms with Crippen molar-refractivity contribution in [2.75, 3.05) is 19.6 Å². The molecule has 88 valence electrons. The lowest BCUT2D eigenvalue weighted by molar-refractivity contribution is 0.335. The largest absolute Gasteiger partial charge is 0.317 e. The summed E-state index contributed by atoms with van der Waals surface area (Å²) in [6.07, 6.45) is 2.96. The third-order valence-corrected chi connectivity index (χ3v) is 3.62. The smallest absolute Gasteiger partial charge is 0.270 e. The number of hydrogen-bond donors (Lipinski definition) is 3. The molecule has 0 amide bonds. The zero-order chi connectivity index (χ0) is 11.0. The summed E-state index contributed by atoms with van der Waals surface area (Å²) in [6.45, 7) is 3.76. The molecule has 0 atom stereocenters. The Balaban J connectivity index is 1.94. The lowest BCUT2D eigenvalue weighted by atomic mass is 10.1. The van der Waals surface area contributed by atoms with E-state index in [-0.39, 0.29) is 5.56 Å². The lowest BCUT2D eigenvalue weighted by Crippen LogP contribution is -2.34. The van der Waals surface area contributed by atoms with Gasteiger partial charge in [0.25, 0.3) is 5.56 Å². The quantitative estimate of drug-likeness (QED) is 0.614. The van der Waals surface area contributed by atoms with Gasteiger partial charge in [-0.2, -0.15) is 0 Å². The minimum atomic E-state index is 0.211. The highest BCUT2D eigenvalue weighted by molar-refractivity contribution is 5.20. The maximum Gasteiger partial charge on any atom is 0.270 e. The van der Waals surface area contributed by atoms with E-state index in [1.165, 1.54) is 0 Å². The normalized spacial score (nSPS) is 22.0. The minimum Gasteiger partial charge on any atom is -0.317 e. The molecule has 1 saturated heterocycles. The Morgan fingerprint density at radius 2 is 1.94 bits per heavy atom. The van der Waals surface area contributed by atoms with Gasteiger partial charge >= 0.3 is 0 Å². The summed E-state index contributed by atoms with van der Waals surface area (Å²) < 4.78 is 1.86. The van der Waals surface area contributed by atoms with Gasteiger partial charge in [0.15, 0.2) is 0 Å². The zero-order valence-electron chi connectivity index (χ0n) is 9.38. The van der Waals surface area contributed by atoms with E-state index in [1.54, 1.807) is 0 Å². The van der Waals surface area contributed by atoms with Crippen molar-refractivity contribution in [3.63, 3.8) is 0 Å². The van der Waals surface area contributed by atoms with Crippen molar-refractivity contribution in [3.8, 4) is 0 Å². The van der Waals surface area contributed by atoms with Gasteiger partial charge in [-0.05, 0) is 38.9 Å². The summed E-state index contributed by atoms with van der Waals surface area (Å²) in [5.74, 6) is 0. The molecule has 0 aliphatic carbocycles. The van der Waals surface area contributed by atoms with Gasteiger partial charge in [-0.25, -0.2) is 4.68 Å². The number of nitrogens with zero attached hydrogens (tertiary/aromatic N) is 1. The van der Waals surface area contributed by atoms with Crippen LogP contribution in [0.15, 0.2) is 4.79 Å². The topological polar surface area (TPSA) is 61.9 Å². The van der Waals surface area contributed by atoms with Crippen molar-refractivity contribution in [2.24, 2.45) is 0 Å². The van der Waals surface area contributed by atoms with Crippen LogP contribution in [-0.4, -0.2) is 29.4 Å². The molecule has 3 N–H and O–H groups in total. The number of nitrogens with one attached hydrogen (secondary N) is 3. The molecule has 0 unspecified atom stereocenters. The fourth-order valence-electron chi connectivity index (χ4n) is 2.69. The molecule has 3 heterocycles. The Morgan fingerprint density at radius 3 is 2.69 bits per heavy atom. The molecule has 5 nitrogen and oxygen atoms in total. The molecule has 1 fully saturated rings. The van der Waals surface area contributed by atoms with Crippen molar-refractivity contribution < 1.29 is 0 Å². The number of hydrogen-bond acceptors (Lipinski definition) is 3. The van der Waals surface area contributed by atoms with E-state index in [0.29, 0.717) is 6.04 Å². The van der Waals surface area contributed by atoms with Crippen molar-refractivity contribution in [1.29, 1.82) is 0 Å².